The normalized spacial score (nSPS) is 11.4. The zero-order valence-electron chi connectivity index (χ0n) is 36.8. The Morgan fingerprint density at radius 2 is 1.19 bits per heavy atom. The molecule has 6 aromatic carbocycles. The van der Waals surface area contributed by atoms with Crippen LogP contribution in [0.4, 0.5) is 38.8 Å². The Hall–Kier alpha value is -3.06. The van der Waals surface area contributed by atoms with Gasteiger partial charge in [-0.15, -0.1) is 24.7 Å². The van der Waals surface area contributed by atoms with E-state index in [0.717, 1.165) is 41.1 Å². The van der Waals surface area contributed by atoms with E-state index in [2.05, 4.69) is 59.5 Å². The van der Waals surface area contributed by atoms with Crippen molar-refractivity contribution in [3.63, 3.8) is 0 Å². The molecule has 0 bridgehead atoms. The van der Waals surface area contributed by atoms with E-state index in [4.69, 9.17) is 0 Å². The minimum Gasteiger partial charge on any atom is -0.744 e. The van der Waals surface area contributed by atoms with Gasteiger partial charge in [-0.3, -0.25) is 10.1 Å². The van der Waals surface area contributed by atoms with E-state index in [1.54, 1.807) is 30.3 Å². The minimum atomic E-state index is -5.23. The largest absolute Gasteiger partial charge is 1.00 e. The van der Waals surface area contributed by atoms with Gasteiger partial charge in [-0.25, -0.2) is 21.4 Å². The molecule has 0 aliphatic heterocycles. The Balaban J connectivity index is 0.00000274. The molecule has 348 valence electrons. The van der Waals surface area contributed by atoms with Gasteiger partial charge in [0.15, 0.2) is 0 Å². The molecule has 2 heterocycles. The van der Waals surface area contributed by atoms with Crippen molar-refractivity contribution < 1.29 is 192 Å². The molecule has 0 fully saturated rings. The maximum atomic E-state index is 14.8. The third kappa shape index (κ3) is 15.1. The van der Waals surface area contributed by atoms with E-state index in [1.165, 1.54) is 48.7 Å². The van der Waals surface area contributed by atoms with Crippen LogP contribution in [0.2, 0.25) is 0 Å². The molecule has 8 rings (SSSR count). The molecule has 0 spiro atoms. The molecule has 2 aromatic heterocycles. The molecule has 1 N–H and O–H groups in total. The van der Waals surface area contributed by atoms with Crippen LogP contribution in [0.3, 0.4) is 0 Å². The summed E-state index contributed by atoms with van der Waals surface area (Å²) in [6.45, 7) is 0. The predicted octanol–water partition coefficient (Wildman–Crippen LogP) is -6.39. The van der Waals surface area contributed by atoms with Gasteiger partial charge in [0, 0.05) is 47.7 Å². The Kier molecular flexibility index (Phi) is 24.3. The van der Waals surface area contributed by atoms with Gasteiger partial charge in [0.1, 0.15) is 20.2 Å². The Labute approximate surface area is 503 Å². The van der Waals surface area contributed by atoms with Crippen molar-refractivity contribution in [2.45, 2.75) is 27.0 Å². The molecule has 72 heavy (non-hydrogen) atoms. The van der Waals surface area contributed by atoms with Crippen LogP contribution >= 0.6 is 24.1 Å². The maximum absolute atomic E-state index is 14.8. The summed E-state index contributed by atoms with van der Waals surface area (Å²) in [6.07, 6.45) is 1.33. The van der Waals surface area contributed by atoms with Crippen molar-refractivity contribution >= 4 is 117 Å². The van der Waals surface area contributed by atoms with Crippen molar-refractivity contribution in [2.24, 2.45) is 20.5 Å². The molecule has 23 nitrogen and oxygen atoms in total. The molecule has 0 amide bonds. The van der Waals surface area contributed by atoms with Crippen LogP contribution in [0.5, 0.6) is 0 Å². The zero-order chi connectivity index (χ0) is 47.5. The van der Waals surface area contributed by atoms with E-state index in [-0.39, 0.29) is 177 Å². The van der Waals surface area contributed by atoms with Crippen molar-refractivity contribution in [1.82, 2.24) is 15.0 Å². The van der Waals surface area contributed by atoms with Crippen LogP contribution in [-0.2, 0) is 39.0 Å². The number of nitrogens with zero attached hydrogens (tertiary/aromatic N) is 8. The van der Waals surface area contributed by atoms with Crippen LogP contribution < -0.4 is 144 Å². The number of anilines is 2. The number of pyridine rings is 1. The molecule has 0 unspecified atom stereocenters. The van der Waals surface area contributed by atoms with Crippen molar-refractivity contribution in [3.05, 3.63) is 127 Å². The Morgan fingerprint density at radius 1 is 0.625 bits per heavy atom. The molecule has 0 aliphatic carbocycles. The quantitative estimate of drug-likeness (QED) is 0.0179. The fourth-order valence-electron chi connectivity index (χ4n) is 6.55. The molecular weight excluding hydrogens is 1070 g/mol. The number of fused-ring (bicyclic) bond motifs is 3. The van der Waals surface area contributed by atoms with E-state index in [0.29, 0.717) is 61.1 Å². The molecule has 0 aliphatic rings. The first-order chi connectivity index (χ1) is 32.1. The fourth-order valence-corrected chi connectivity index (χ4v) is 8.74. The van der Waals surface area contributed by atoms with E-state index in [1.807, 2.05) is 0 Å². The first-order valence-electron chi connectivity index (χ1n) is 18.2. The van der Waals surface area contributed by atoms with Crippen molar-refractivity contribution in [3.8, 4) is 5.95 Å². The number of carbonyl (C=O) groups is 1. The van der Waals surface area contributed by atoms with Crippen LogP contribution in [0, 0.1) is 6.08 Å². The van der Waals surface area contributed by atoms with Gasteiger partial charge in [0.25, 0.3) is 0 Å². The van der Waals surface area contributed by atoms with Crippen LogP contribution in [0.25, 0.3) is 38.3 Å². The van der Waals surface area contributed by atoms with Crippen LogP contribution in [0.1, 0.15) is 17.8 Å². The molecule has 0 atom stereocenters. The third-order valence-electron chi connectivity index (χ3n) is 9.31. The van der Waals surface area contributed by atoms with Crippen LogP contribution in [0.15, 0.2) is 156 Å². The Morgan fingerprint density at radius 3 is 1.79 bits per heavy atom. The monoisotopic (exact) mass is 1090 g/mol. The molecule has 32 heteroatoms. The second-order valence-corrected chi connectivity index (χ2v) is 17.6. The summed E-state index contributed by atoms with van der Waals surface area (Å²) in [5.41, 5.74) is 0.375. The van der Waals surface area contributed by atoms with Gasteiger partial charge in [-0.05, 0) is 88.8 Å². The number of rotatable bonds is 16. The molecule has 0 saturated carbocycles. The number of benzene rings is 6. The minimum absolute atomic E-state index is 0. The number of azo groups is 2. The standard InChI is InChI=1S/C39H24FN9O14S4.CH4.4Na/c40-37-42-38(44-39(43-37)49-14-2-3-20(19-49)36(50)51)41-30-10-11-33(27-17-22(64-62-60-52)6-8-24(27)30)48-47-31-12-13-32(28-18-23(65-63-61-53)7-9-25(28)31)46-45-21-15-29-26(35(16-21)67(57,58)59)4-1-5-34(29)66(54,55)56;;;;;/h1-19H,(H5-,41,42,43,44,50,51,52,53,54,55,56,57,58,59);1H4;;;;/q;;4*+1/p-4. The van der Waals surface area contributed by atoms with E-state index >= 15 is 0 Å². The number of aromatic nitrogens is 4. The second-order valence-electron chi connectivity index (χ2n) is 13.3. The van der Waals surface area contributed by atoms with Gasteiger partial charge in [-0.1, -0.05) is 31.7 Å². The number of nitrogens with one attached hydrogen (secondary N) is 1. The third-order valence-corrected chi connectivity index (χ3v) is 12.2. The first kappa shape index (κ1) is 63.2. The summed E-state index contributed by atoms with van der Waals surface area (Å²) in [7, 11) is -10.4. The Bertz CT molecular complexity index is 3600. The number of carboxylic acid groups (broad SMARTS) is 1. The van der Waals surface area contributed by atoms with Gasteiger partial charge >= 0.3 is 136 Å². The molecule has 0 saturated heterocycles. The van der Waals surface area contributed by atoms with Gasteiger partial charge in [0.2, 0.25) is 0 Å². The number of halogens is 1. The topological polar surface area (TPSA) is 342 Å². The predicted molar refractivity (Wildman–Crippen MR) is 228 cm³/mol. The van der Waals surface area contributed by atoms with Crippen molar-refractivity contribution in [2.75, 3.05) is 5.32 Å². The summed E-state index contributed by atoms with van der Waals surface area (Å²) in [4.78, 5) is 22.1. The van der Waals surface area contributed by atoms with Gasteiger partial charge in [0.05, 0.1) is 80.7 Å². The van der Waals surface area contributed by atoms with E-state index in [9.17, 15) is 50.7 Å². The SMILES string of the molecule is C.O=C([O-])c1ccc[n+](-c2nc(F)nc(Nc3ccc(N=Nc4ccc(N=Nc5cc(S(=O)(=O)[O-])c6cccc(S(=O)(=O)[O-])c6c5)c5cc(SOO[O-])ccc45)c4cc(SOO[O-])ccc34)n2)c1.[Na+].[Na+].[Na+].[Na+]. The summed E-state index contributed by atoms with van der Waals surface area (Å²) >= 11 is 1.13. The molecular formula is C40H24FN9Na4O14S4. The van der Waals surface area contributed by atoms with Crippen molar-refractivity contribution in [1.29, 1.82) is 0 Å². The number of carbonyl (C=O) groups excluding carboxylic acids is 1. The summed E-state index contributed by atoms with van der Waals surface area (Å²) < 4.78 is 97.9. The molecule has 8 aromatic rings. The zero-order valence-corrected chi connectivity index (χ0v) is 48.0. The first-order valence-corrected chi connectivity index (χ1v) is 22.5. The van der Waals surface area contributed by atoms with E-state index < -0.39 is 42.1 Å². The fraction of sp³-hybridized carbons (Fsp3) is 0.0250. The maximum Gasteiger partial charge on any atom is 1.00 e. The van der Waals surface area contributed by atoms with Crippen LogP contribution in [-0.4, -0.2) is 46.9 Å². The second kappa shape index (κ2) is 27.6. The summed E-state index contributed by atoms with van der Waals surface area (Å²) in [6, 6.07) is 23.2. The smallest absolute Gasteiger partial charge is 0.744 e. The molecule has 0 radical (unpaired) electrons. The number of carboxylic acids is 1. The van der Waals surface area contributed by atoms with Gasteiger partial charge in [-0.2, -0.15) is 13.8 Å². The number of hydrogen-bond donors (Lipinski definition) is 1. The summed E-state index contributed by atoms with van der Waals surface area (Å²) in [5.74, 6) is -2.01. The number of aromatic carboxylic acids is 1. The number of hydrogen-bond acceptors (Lipinski definition) is 24. The average Bonchev–Trinajstić information content (AvgIpc) is 3.30. The average molecular weight is 1090 g/mol. The van der Waals surface area contributed by atoms with Gasteiger partial charge < -0.3 is 34.8 Å². The summed E-state index contributed by atoms with van der Waals surface area (Å²) in [5, 5.41) is 60.7.